The van der Waals surface area contributed by atoms with Gasteiger partial charge in [0.25, 0.3) is 7.82 Å². The van der Waals surface area contributed by atoms with Crippen molar-refractivity contribution in [2.75, 3.05) is 47.5 Å². The summed E-state index contributed by atoms with van der Waals surface area (Å²) in [5.41, 5.74) is 0. The summed E-state index contributed by atoms with van der Waals surface area (Å²) >= 11 is 0. The van der Waals surface area contributed by atoms with Gasteiger partial charge in [0, 0.05) is 6.42 Å². The second-order valence-corrected chi connectivity index (χ2v) is 15.6. The fraction of sp³-hybridized carbons (Fsp3) is 0.972. The van der Waals surface area contributed by atoms with Crippen LogP contribution in [-0.2, 0) is 23.1 Å². The zero-order chi connectivity index (χ0) is 33.5. The SMILES string of the molecule is CCCCCCCCCCCCCCCCCCCCCCCCCCCC(=O)OC[C@@H](O)COP(=O)([O-])OCC[N+](C)(C)C. The van der Waals surface area contributed by atoms with Gasteiger partial charge in [-0.3, -0.25) is 9.36 Å². The van der Waals surface area contributed by atoms with E-state index >= 15 is 0 Å². The van der Waals surface area contributed by atoms with Crippen molar-refractivity contribution >= 4 is 13.8 Å². The quantitative estimate of drug-likeness (QED) is 0.0312. The Balaban J connectivity index is 3.36. The number of ether oxygens (including phenoxy) is 1. The van der Waals surface area contributed by atoms with Crippen molar-refractivity contribution < 1.29 is 37.6 Å². The minimum atomic E-state index is -4.49. The Morgan fingerprint density at radius 1 is 0.622 bits per heavy atom. The molecule has 0 aromatic rings. The fourth-order valence-electron chi connectivity index (χ4n) is 5.36. The Morgan fingerprint density at radius 2 is 0.978 bits per heavy atom. The number of rotatable bonds is 35. The lowest BCUT2D eigenvalue weighted by Gasteiger charge is -2.27. The van der Waals surface area contributed by atoms with Crippen molar-refractivity contribution in [3.8, 4) is 0 Å². The number of phosphoric ester groups is 1. The van der Waals surface area contributed by atoms with Crippen molar-refractivity contribution in [2.24, 2.45) is 0 Å². The standard InChI is InChI=1S/C36H74NO7P/c1-5-6-7-8-9-10-11-12-13-14-15-16-17-18-19-20-21-22-23-24-25-26-27-28-29-30-36(39)42-33-35(38)34-44-45(40,41)43-32-31-37(2,3)4/h35,38H,5-34H2,1-4H3/t35-/m1/s1. The van der Waals surface area contributed by atoms with Crippen LogP contribution < -0.4 is 4.89 Å². The number of phosphoric acid groups is 1. The van der Waals surface area contributed by atoms with E-state index in [9.17, 15) is 19.4 Å². The van der Waals surface area contributed by atoms with Crippen LogP contribution in [-0.4, -0.2) is 69.2 Å². The lowest BCUT2D eigenvalue weighted by Crippen LogP contribution is -2.37. The van der Waals surface area contributed by atoms with Crippen molar-refractivity contribution in [3.63, 3.8) is 0 Å². The molecule has 0 saturated carbocycles. The van der Waals surface area contributed by atoms with E-state index in [2.05, 4.69) is 11.4 Å². The maximum atomic E-state index is 11.9. The molecule has 2 atom stereocenters. The molecule has 8 nitrogen and oxygen atoms in total. The molecule has 1 N–H and O–H groups in total. The summed E-state index contributed by atoms with van der Waals surface area (Å²) in [6.07, 6.45) is 32.6. The summed E-state index contributed by atoms with van der Waals surface area (Å²) in [7, 11) is 1.26. The minimum absolute atomic E-state index is 0.00499. The van der Waals surface area contributed by atoms with Gasteiger partial charge in [-0.2, -0.15) is 0 Å². The highest BCUT2D eigenvalue weighted by Gasteiger charge is 2.16. The molecule has 45 heavy (non-hydrogen) atoms. The molecule has 0 fully saturated rings. The first kappa shape index (κ1) is 44.5. The molecule has 0 aliphatic rings. The number of aliphatic hydroxyl groups excluding tert-OH is 1. The van der Waals surface area contributed by atoms with Crippen LogP contribution >= 0.6 is 7.82 Å². The molecular weight excluding hydrogens is 589 g/mol. The molecule has 0 spiro atoms. The predicted molar refractivity (Wildman–Crippen MR) is 185 cm³/mol. The number of quaternary nitrogens is 1. The first-order valence-electron chi connectivity index (χ1n) is 18.8. The number of esters is 1. The van der Waals surface area contributed by atoms with Gasteiger partial charge in [-0.15, -0.1) is 0 Å². The third kappa shape index (κ3) is 36.2. The Kier molecular flexibility index (Phi) is 30.5. The molecule has 0 heterocycles. The van der Waals surface area contributed by atoms with Gasteiger partial charge in [0.2, 0.25) is 0 Å². The molecule has 1 unspecified atom stereocenters. The molecule has 0 saturated heterocycles. The number of likely N-dealkylation sites (N-methyl/N-ethyl adjacent to an activating group) is 1. The molecule has 0 aliphatic carbocycles. The third-order valence-corrected chi connectivity index (χ3v) is 9.32. The minimum Gasteiger partial charge on any atom is -0.756 e. The predicted octanol–water partition coefficient (Wildman–Crippen LogP) is 9.26. The van der Waals surface area contributed by atoms with Gasteiger partial charge < -0.3 is 28.3 Å². The monoisotopic (exact) mass is 664 g/mol. The maximum absolute atomic E-state index is 11.9. The number of carbonyl (C=O) groups is 1. The molecular formula is C36H74NO7P. The first-order chi connectivity index (χ1) is 21.6. The number of unbranched alkanes of at least 4 members (excludes halogenated alkanes) is 24. The largest absolute Gasteiger partial charge is 0.756 e. The Hall–Kier alpha value is -0.500. The highest BCUT2D eigenvalue weighted by atomic mass is 31.2. The van der Waals surface area contributed by atoms with Crippen molar-refractivity contribution in [1.29, 1.82) is 0 Å². The van der Waals surface area contributed by atoms with Crippen LogP contribution in [0.2, 0.25) is 0 Å². The first-order valence-corrected chi connectivity index (χ1v) is 20.3. The van der Waals surface area contributed by atoms with E-state index < -0.39 is 20.5 Å². The zero-order valence-electron chi connectivity index (χ0n) is 30.1. The molecule has 0 amide bonds. The van der Waals surface area contributed by atoms with Crippen LogP contribution in [0.15, 0.2) is 0 Å². The molecule has 0 aliphatic heterocycles. The Labute approximate surface area is 278 Å². The lowest BCUT2D eigenvalue weighted by atomic mass is 10.0. The van der Waals surface area contributed by atoms with Gasteiger partial charge in [-0.1, -0.05) is 161 Å². The molecule has 0 bridgehead atoms. The van der Waals surface area contributed by atoms with Crippen LogP contribution in [0.5, 0.6) is 0 Å². The Morgan fingerprint density at radius 3 is 1.33 bits per heavy atom. The molecule has 0 rings (SSSR count). The third-order valence-electron chi connectivity index (χ3n) is 8.36. The number of carbonyl (C=O) groups excluding carboxylic acids is 1. The molecule has 0 aromatic heterocycles. The molecule has 0 aromatic carbocycles. The topological polar surface area (TPSA) is 105 Å². The van der Waals surface area contributed by atoms with Gasteiger partial charge >= 0.3 is 5.97 Å². The van der Waals surface area contributed by atoms with E-state index in [1.165, 1.54) is 141 Å². The van der Waals surface area contributed by atoms with E-state index in [-0.39, 0.29) is 19.2 Å². The summed E-state index contributed by atoms with van der Waals surface area (Å²) in [5, 5.41) is 9.86. The number of nitrogens with zero attached hydrogens (tertiary/aromatic N) is 1. The second-order valence-electron chi connectivity index (χ2n) is 14.2. The Bertz CT molecular complexity index is 701. The molecule has 9 heteroatoms. The van der Waals surface area contributed by atoms with Gasteiger partial charge in [-0.25, -0.2) is 0 Å². The van der Waals surface area contributed by atoms with E-state index in [1.54, 1.807) is 0 Å². The molecule has 0 radical (unpaired) electrons. The average Bonchev–Trinajstić information content (AvgIpc) is 2.98. The van der Waals surface area contributed by atoms with Gasteiger partial charge in [0.05, 0.1) is 27.7 Å². The maximum Gasteiger partial charge on any atom is 0.305 e. The second kappa shape index (κ2) is 30.8. The smallest absolute Gasteiger partial charge is 0.305 e. The number of aliphatic hydroxyl groups is 1. The highest BCUT2D eigenvalue weighted by Crippen LogP contribution is 2.38. The van der Waals surface area contributed by atoms with E-state index in [0.717, 1.165) is 19.3 Å². The summed E-state index contributed by atoms with van der Waals surface area (Å²) in [6.45, 7) is 1.98. The van der Waals surface area contributed by atoms with Gasteiger partial charge in [0.1, 0.15) is 25.9 Å². The zero-order valence-corrected chi connectivity index (χ0v) is 31.0. The fourth-order valence-corrected chi connectivity index (χ4v) is 6.09. The van der Waals surface area contributed by atoms with Crippen molar-refractivity contribution in [1.82, 2.24) is 0 Å². The summed E-state index contributed by atoms with van der Waals surface area (Å²) in [4.78, 5) is 23.6. The summed E-state index contributed by atoms with van der Waals surface area (Å²) < 4.78 is 26.8. The van der Waals surface area contributed by atoms with Crippen LogP contribution in [0.3, 0.4) is 0 Å². The van der Waals surface area contributed by atoms with E-state index in [0.29, 0.717) is 17.4 Å². The van der Waals surface area contributed by atoms with Crippen molar-refractivity contribution in [2.45, 2.75) is 180 Å². The van der Waals surface area contributed by atoms with Gasteiger partial charge in [0.15, 0.2) is 0 Å². The van der Waals surface area contributed by atoms with E-state index in [1.807, 2.05) is 21.1 Å². The van der Waals surface area contributed by atoms with Crippen LogP contribution in [0.1, 0.15) is 174 Å². The number of hydrogen-bond donors (Lipinski definition) is 1. The van der Waals surface area contributed by atoms with E-state index in [4.69, 9.17) is 9.26 Å². The van der Waals surface area contributed by atoms with Gasteiger partial charge in [-0.05, 0) is 6.42 Å². The van der Waals surface area contributed by atoms with Crippen LogP contribution in [0.4, 0.5) is 0 Å². The molecule has 270 valence electrons. The van der Waals surface area contributed by atoms with Crippen LogP contribution in [0.25, 0.3) is 0 Å². The summed E-state index contributed by atoms with van der Waals surface area (Å²) in [5.74, 6) is -0.382. The van der Waals surface area contributed by atoms with Crippen LogP contribution in [0, 0.1) is 0 Å². The van der Waals surface area contributed by atoms with Crippen molar-refractivity contribution in [3.05, 3.63) is 0 Å². The lowest BCUT2D eigenvalue weighted by molar-refractivity contribution is -0.870. The highest BCUT2D eigenvalue weighted by molar-refractivity contribution is 7.45. The normalized spacial score (nSPS) is 14.0. The average molecular weight is 664 g/mol. The summed E-state index contributed by atoms with van der Waals surface area (Å²) in [6, 6.07) is 0. The number of hydrogen-bond acceptors (Lipinski definition) is 7.